The van der Waals surface area contributed by atoms with Gasteiger partial charge in [-0.05, 0) is 52.6 Å². The summed E-state index contributed by atoms with van der Waals surface area (Å²) in [4.78, 5) is 0. The molecule has 4 rings (SSSR count). The Balaban J connectivity index is 1.94. The lowest BCUT2D eigenvalue weighted by Gasteiger charge is -2.32. The van der Waals surface area contributed by atoms with Crippen LogP contribution in [0.5, 0.6) is 5.75 Å². The number of hydrogen-bond acceptors (Lipinski definition) is 1. The molecule has 0 saturated carbocycles. The first kappa shape index (κ1) is 16.4. The summed E-state index contributed by atoms with van der Waals surface area (Å²) in [5.41, 5.74) is 3.57. The van der Waals surface area contributed by atoms with Crippen molar-refractivity contribution in [3.05, 3.63) is 114 Å². The molecular weight excluding hydrogens is 316 g/mol. The molecule has 0 aliphatic heterocycles. The highest BCUT2D eigenvalue weighted by atomic mass is 16.5. The number of methoxy groups -OCH3 is 1. The molecule has 0 amide bonds. The summed E-state index contributed by atoms with van der Waals surface area (Å²) in [6.45, 7) is 2.30. The predicted octanol–water partition coefficient (Wildman–Crippen LogP) is 6.20. The maximum Gasteiger partial charge on any atom is 0.118 e. The van der Waals surface area contributed by atoms with Crippen LogP contribution in [0.15, 0.2) is 97.1 Å². The van der Waals surface area contributed by atoms with E-state index in [1.165, 1.54) is 27.5 Å². The Kier molecular flexibility index (Phi) is 4.22. The second-order valence-corrected chi connectivity index (χ2v) is 6.78. The van der Waals surface area contributed by atoms with Gasteiger partial charge in [0.2, 0.25) is 0 Å². The quantitative estimate of drug-likeness (QED) is 0.402. The molecule has 0 aromatic heterocycles. The standard InChI is InChI=1S/C25H22O/c1-25(21-10-4-3-5-11-21,22-14-16-24(26-2)17-15-22)23-13-12-19-8-6-7-9-20(19)18-23/h3-18H,1-2H3. The molecule has 1 unspecified atom stereocenters. The van der Waals surface area contributed by atoms with Crippen molar-refractivity contribution in [3.63, 3.8) is 0 Å². The normalized spacial score (nSPS) is 13.3. The molecule has 0 N–H and O–H groups in total. The lowest BCUT2D eigenvalue weighted by Crippen LogP contribution is -2.25. The molecule has 4 aromatic rings. The molecule has 0 saturated heterocycles. The predicted molar refractivity (Wildman–Crippen MR) is 109 cm³/mol. The fourth-order valence-corrected chi connectivity index (χ4v) is 3.70. The number of fused-ring (bicyclic) bond motifs is 1. The van der Waals surface area contributed by atoms with Gasteiger partial charge in [0.15, 0.2) is 0 Å². The van der Waals surface area contributed by atoms with Crippen LogP contribution >= 0.6 is 0 Å². The maximum atomic E-state index is 5.35. The summed E-state index contributed by atoms with van der Waals surface area (Å²) < 4.78 is 5.35. The van der Waals surface area contributed by atoms with Gasteiger partial charge in [0.25, 0.3) is 0 Å². The van der Waals surface area contributed by atoms with Gasteiger partial charge in [-0.25, -0.2) is 0 Å². The second-order valence-electron chi connectivity index (χ2n) is 6.78. The van der Waals surface area contributed by atoms with Crippen LogP contribution in [0.1, 0.15) is 23.6 Å². The number of hydrogen-bond donors (Lipinski definition) is 0. The van der Waals surface area contributed by atoms with Gasteiger partial charge in [0.05, 0.1) is 7.11 Å². The Morgan fingerprint density at radius 2 is 1.15 bits per heavy atom. The molecule has 0 radical (unpaired) electrons. The minimum absolute atomic E-state index is 0.239. The lowest BCUT2D eigenvalue weighted by molar-refractivity contribution is 0.414. The molecule has 0 heterocycles. The van der Waals surface area contributed by atoms with E-state index in [0.29, 0.717) is 0 Å². The van der Waals surface area contributed by atoms with Gasteiger partial charge >= 0.3 is 0 Å². The molecule has 0 bridgehead atoms. The SMILES string of the molecule is COc1ccc(C(C)(c2ccccc2)c2ccc3ccccc3c2)cc1. The summed E-state index contributed by atoms with van der Waals surface area (Å²) in [5, 5.41) is 2.53. The zero-order valence-corrected chi connectivity index (χ0v) is 15.1. The summed E-state index contributed by atoms with van der Waals surface area (Å²) in [5.74, 6) is 0.877. The Morgan fingerprint density at radius 3 is 1.85 bits per heavy atom. The third-order valence-corrected chi connectivity index (χ3v) is 5.35. The third kappa shape index (κ3) is 2.76. The topological polar surface area (TPSA) is 9.23 Å². The second kappa shape index (κ2) is 6.68. The van der Waals surface area contributed by atoms with E-state index in [1.807, 2.05) is 12.1 Å². The van der Waals surface area contributed by atoms with E-state index in [2.05, 4.69) is 91.9 Å². The Morgan fingerprint density at radius 1 is 0.577 bits per heavy atom. The van der Waals surface area contributed by atoms with Crippen molar-refractivity contribution in [2.24, 2.45) is 0 Å². The van der Waals surface area contributed by atoms with Crippen LogP contribution in [0, 0.1) is 0 Å². The first-order valence-electron chi connectivity index (χ1n) is 8.91. The van der Waals surface area contributed by atoms with Crippen LogP contribution < -0.4 is 4.74 Å². The molecule has 0 aliphatic carbocycles. The molecule has 1 nitrogen and oxygen atoms in total. The van der Waals surface area contributed by atoms with Gasteiger partial charge in [-0.1, -0.05) is 78.9 Å². The van der Waals surface area contributed by atoms with Gasteiger partial charge in [0.1, 0.15) is 5.75 Å². The highest BCUT2D eigenvalue weighted by Gasteiger charge is 2.31. The fourth-order valence-electron chi connectivity index (χ4n) is 3.70. The fraction of sp³-hybridized carbons (Fsp3) is 0.120. The van der Waals surface area contributed by atoms with Crippen molar-refractivity contribution in [2.45, 2.75) is 12.3 Å². The smallest absolute Gasteiger partial charge is 0.118 e. The Bertz CT molecular complexity index is 1020. The Labute approximate surface area is 154 Å². The van der Waals surface area contributed by atoms with Crippen LogP contribution in [0.2, 0.25) is 0 Å². The summed E-state index contributed by atoms with van der Waals surface area (Å²) in [6.07, 6.45) is 0. The monoisotopic (exact) mass is 338 g/mol. The van der Waals surface area contributed by atoms with Gasteiger partial charge in [-0.3, -0.25) is 0 Å². The van der Waals surface area contributed by atoms with Gasteiger partial charge in [-0.15, -0.1) is 0 Å². The summed E-state index contributed by atoms with van der Waals surface area (Å²) in [6, 6.07) is 34.4. The maximum absolute atomic E-state index is 5.35. The van der Waals surface area contributed by atoms with E-state index < -0.39 is 0 Å². The van der Waals surface area contributed by atoms with Crippen molar-refractivity contribution in [3.8, 4) is 5.75 Å². The minimum atomic E-state index is -0.239. The minimum Gasteiger partial charge on any atom is -0.497 e. The zero-order valence-electron chi connectivity index (χ0n) is 15.1. The van der Waals surface area contributed by atoms with Crippen LogP contribution in [0.25, 0.3) is 10.8 Å². The van der Waals surface area contributed by atoms with E-state index in [1.54, 1.807) is 7.11 Å². The first-order chi connectivity index (χ1) is 12.7. The first-order valence-corrected chi connectivity index (χ1v) is 8.91. The van der Waals surface area contributed by atoms with Gasteiger partial charge in [0, 0.05) is 5.41 Å². The van der Waals surface area contributed by atoms with E-state index in [-0.39, 0.29) is 5.41 Å². The van der Waals surface area contributed by atoms with Crippen molar-refractivity contribution in [1.29, 1.82) is 0 Å². The van der Waals surface area contributed by atoms with Crippen molar-refractivity contribution in [2.75, 3.05) is 7.11 Å². The van der Waals surface area contributed by atoms with Gasteiger partial charge < -0.3 is 4.74 Å². The zero-order chi connectivity index (χ0) is 18.0. The molecule has 0 fully saturated rings. The summed E-state index contributed by atoms with van der Waals surface area (Å²) in [7, 11) is 1.70. The number of ether oxygens (including phenoxy) is 1. The van der Waals surface area contributed by atoms with E-state index in [9.17, 15) is 0 Å². The molecule has 4 aromatic carbocycles. The summed E-state index contributed by atoms with van der Waals surface area (Å²) >= 11 is 0. The third-order valence-electron chi connectivity index (χ3n) is 5.35. The van der Waals surface area contributed by atoms with Crippen LogP contribution in [0.3, 0.4) is 0 Å². The average molecular weight is 338 g/mol. The highest BCUT2D eigenvalue weighted by Crippen LogP contribution is 2.40. The highest BCUT2D eigenvalue weighted by molar-refractivity contribution is 5.83. The van der Waals surface area contributed by atoms with Crippen molar-refractivity contribution in [1.82, 2.24) is 0 Å². The molecule has 0 aliphatic rings. The van der Waals surface area contributed by atoms with E-state index in [4.69, 9.17) is 4.74 Å². The average Bonchev–Trinajstić information content (AvgIpc) is 2.73. The van der Waals surface area contributed by atoms with E-state index >= 15 is 0 Å². The van der Waals surface area contributed by atoms with Crippen molar-refractivity contribution < 1.29 is 4.74 Å². The lowest BCUT2D eigenvalue weighted by atomic mass is 9.71. The van der Waals surface area contributed by atoms with Crippen molar-refractivity contribution >= 4 is 10.8 Å². The molecule has 1 heteroatoms. The van der Waals surface area contributed by atoms with Crippen LogP contribution in [0.4, 0.5) is 0 Å². The molecule has 0 spiro atoms. The molecule has 128 valence electrons. The molecule has 1 atom stereocenters. The van der Waals surface area contributed by atoms with Gasteiger partial charge in [-0.2, -0.15) is 0 Å². The molecular formula is C25H22O. The molecule has 26 heavy (non-hydrogen) atoms. The largest absolute Gasteiger partial charge is 0.497 e. The number of benzene rings is 4. The van der Waals surface area contributed by atoms with Crippen LogP contribution in [-0.4, -0.2) is 7.11 Å². The van der Waals surface area contributed by atoms with E-state index in [0.717, 1.165) is 5.75 Å². The Hall–Kier alpha value is -3.06. The number of rotatable bonds is 4. The van der Waals surface area contributed by atoms with Crippen LogP contribution in [-0.2, 0) is 5.41 Å².